The standard InChI is InChI=1S/C22H28N6O5/c1-26-10-5-8-17(26)20(30)28-11-9-16(19(28)21(31)27(2)13-18(23)29)25-22(32)24-14-6-4-7-15(12-14)33-3/h4-8,10,12,16,19H,9,11,13H2,1-3H3,(H2,23,29)(H2,24,25,32)/t16-,19-/m0/s1. The number of hydrogen-bond acceptors (Lipinski definition) is 5. The fraction of sp³-hybridized carbons (Fsp3) is 0.364. The number of rotatable bonds is 7. The number of amides is 5. The van der Waals surface area contributed by atoms with Gasteiger partial charge in [0.2, 0.25) is 11.8 Å². The first-order valence-corrected chi connectivity index (χ1v) is 10.4. The molecular weight excluding hydrogens is 428 g/mol. The van der Waals surface area contributed by atoms with E-state index in [1.807, 2.05) is 0 Å². The Kier molecular flexibility index (Phi) is 7.21. The summed E-state index contributed by atoms with van der Waals surface area (Å²) in [4.78, 5) is 53.0. The summed E-state index contributed by atoms with van der Waals surface area (Å²) in [5.41, 5.74) is 6.16. The van der Waals surface area contributed by atoms with Gasteiger partial charge in [-0.05, 0) is 30.7 Å². The summed E-state index contributed by atoms with van der Waals surface area (Å²) in [6.45, 7) is -0.0425. The topological polar surface area (TPSA) is 139 Å². The van der Waals surface area contributed by atoms with Crippen molar-refractivity contribution in [1.29, 1.82) is 0 Å². The number of nitrogens with two attached hydrogens (primary N) is 1. The number of likely N-dealkylation sites (N-methyl/N-ethyl adjacent to an activating group) is 1. The van der Waals surface area contributed by atoms with E-state index in [4.69, 9.17) is 10.5 Å². The van der Waals surface area contributed by atoms with Gasteiger partial charge in [0.1, 0.15) is 17.5 Å². The molecule has 2 atom stereocenters. The number of carbonyl (C=O) groups is 4. The van der Waals surface area contributed by atoms with Crippen molar-refractivity contribution in [3.8, 4) is 5.75 Å². The van der Waals surface area contributed by atoms with E-state index < -0.39 is 29.9 Å². The molecule has 1 aliphatic heterocycles. The minimum atomic E-state index is -0.993. The molecule has 0 aliphatic carbocycles. The Morgan fingerprint density at radius 3 is 2.61 bits per heavy atom. The lowest BCUT2D eigenvalue weighted by atomic mass is 10.1. The predicted octanol–water partition coefficient (Wildman–Crippen LogP) is 0.382. The van der Waals surface area contributed by atoms with Crippen LogP contribution in [0.2, 0.25) is 0 Å². The van der Waals surface area contributed by atoms with E-state index in [9.17, 15) is 19.2 Å². The van der Waals surface area contributed by atoms with Crippen LogP contribution in [0.25, 0.3) is 0 Å². The van der Waals surface area contributed by atoms with Crippen LogP contribution in [0.5, 0.6) is 5.75 Å². The first-order valence-electron chi connectivity index (χ1n) is 10.4. The molecule has 0 saturated carbocycles. The third-order valence-electron chi connectivity index (χ3n) is 5.49. The third kappa shape index (κ3) is 5.43. The highest BCUT2D eigenvalue weighted by atomic mass is 16.5. The quantitative estimate of drug-likeness (QED) is 0.553. The maximum absolute atomic E-state index is 13.2. The van der Waals surface area contributed by atoms with Crippen molar-refractivity contribution < 1.29 is 23.9 Å². The molecule has 4 N–H and O–H groups in total. The molecule has 11 heteroatoms. The molecule has 1 saturated heterocycles. The molecule has 1 aromatic carbocycles. The Labute approximate surface area is 191 Å². The van der Waals surface area contributed by atoms with E-state index in [-0.39, 0.29) is 19.0 Å². The van der Waals surface area contributed by atoms with Crippen LogP contribution in [-0.4, -0.2) is 77.5 Å². The van der Waals surface area contributed by atoms with Crippen molar-refractivity contribution in [1.82, 2.24) is 19.7 Å². The lowest BCUT2D eigenvalue weighted by Gasteiger charge is -2.31. The number of carbonyl (C=O) groups excluding carboxylic acids is 4. The van der Waals surface area contributed by atoms with E-state index in [1.165, 1.54) is 19.1 Å². The number of aryl methyl sites for hydroxylation is 1. The maximum atomic E-state index is 13.2. The van der Waals surface area contributed by atoms with E-state index in [1.54, 1.807) is 54.2 Å². The summed E-state index contributed by atoms with van der Waals surface area (Å²) in [7, 11) is 4.69. The molecule has 0 unspecified atom stereocenters. The summed E-state index contributed by atoms with van der Waals surface area (Å²) in [6, 6.07) is 8.04. The van der Waals surface area contributed by atoms with E-state index in [0.717, 1.165) is 4.90 Å². The van der Waals surface area contributed by atoms with Gasteiger partial charge in [0.25, 0.3) is 5.91 Å². The smallest absolute Gasteiger partial charge is 0.319 e. The number of likely N-dealkylation sites (tertiary alicyclic amines) is 1. The first-order chi connectivity index (χ1) is 15.7. The summed E-state index contributed by atoms with van der Waals surface area (Å²) in [5, 5.41) is 5.50. The zero-order chi connectivity index (χ0) is 24.1. The number of nitrogens with zero attached hydrogens (tertiary/aromatic N) is 3. The van der Waals surface area contributed by atoms with Gasteiger partial charge in [0.15, 0.2) is 0 Å². The number of aromatic nitrogens is 1. The average Bonchev–Trinajstić information content (AvgIpc) is 3.38. The molecular formula is C22H28N6O5. The number of urea groups is 1. The van der Waals surface area contributed by atoms with Crippen molar-refractivity contribution in [2.45, 2.75) is 18.5 Å². The van der Waals surface area contributed by atoms with Gasteiger partial charge in [-0.2, -0.15) is 0 Å². The highest BCUT2D eigenvalue weighted by molar-refractivity contribution is 5.98. The van der Waals surface area contributed by atoms with Crippen molar-refractivity contribution in [3.05, 3.63) is 48.3 Å². The third-order valence-corrected chi connectivity index (χ3v) is 5.49. The van der Waals surface area contributed by atoms with Gasteiger partial charge in [-0.25, -0.2) is 4.79 Å². The monoisotopic (exact) mass is 456 g/mol. The van der Waals surface area contributed by atoms with Gasteiger partial charge in [0.05, 0.1) is 19.7 Å². The molecule has 33 heavy (non-hydrogen) atoms. The molecule has 0 bridgehead atoms. The minimum absolute atomic E-state index is 0.259. The molecule has 1 aliphatic rings. The van der Waals surface area contributed by atoms with E-state index >= 15 is 0 Å². The Hall–Kier alpha value is -4.02. The summed E-state index contributed by atoms with van der Waals surface area (Å²) in [6.07, 6.45) is 2.10. The first kappa shape index (κ1) is 23.6. The Morgan fingerprint density at radius 2 is 1.97 bits per heavy atom. The zero-order valence-corrected chi connectivity index (χ0v) is 18.8. The second-order valence-corrected chi connectivity index (χ2v) is 7.83. The fourth-order valence-electron chi connectivity index (χ4n) is 3.88. The molecule has 2 aromatic rings. The van der Waals surface area contributed by atoms with Gasteiger partial charge in [-0.3, -0.25) is 14.4 Å². The highest BCUT2D eigenvalue weighted by Gasteiger charge is 2.44. The number of nitrogens with one attached hydrogen (secondary N) is 2. The number of ether oxygens (including phenoxy) is 1. The van der Waals surface area contributed by atoms with Crippen LogP contribution >= 0.6 is 0 Å². The van der Waals surface area contributed by atoms with Crippen LogP contribution in [0.4, 0.5) is 10.5 Å². The number of anilines is 1. The average molecular weight is 457 g/mol. The molecule has 0 spiro atoms. The summed E-state index contributed by atoms with van der Waals surface area (Å²) < 4.78 is 6.82. The van der Waals surface area contributed by atoms with Gasteiger partial charge < -0.3 is 35.5 Å². The number of methoxy groups -OCH3 is 1. The second-order valence-electron chi connectivity index (χ2n) is 7.83. The SMILES string of the molecule is COc1cccc(NC(=O)N[C@H]2CCN(C(=O)c3cccn3C)[C@@H]2C(=O)N(C)CC(N)=O)c1. The second kappa shape index (κ2) is 10.1. The Balaban J connectivity index is 1.80. The molecule has 0 radical (unpaired) electrons. The molecule has 3 rings (SSSR count). The lowest BCUT2D eigenvalue weighted by molar-refractivity contribution is -0.137. The van der Waals surface area contributed by atoms with Crippen molar-refractivity contribution in [3.63, 3.8) is 0 Å². The van der Waals surface area contributed by atoms with Crippen LogP contribution < -0.4 is 21.1 Å². The summed E-state index contributed by atoms with van der Waals surface area (Å²) in [5.74, 6) is -0.926. The number of hydrogen-bond donors (Lipinski definition) is 3. The van der Waals surface area contributed by atoms with Crippen molar-refractivity contribution in [2.24, 2.45) is 12.8 Å². The molecule has 176 valence electrons. The number of primary amides is 1. The lowest BCUT2D eigenvalue weighted by Crippen LogP contribution is -2.56. The molecule has 1 fully saturated rings. The summed E-state index contributed by atoms with van der Waals surface area (Å²) >= 11 is 0. The Bertz CT molecular complexity index is 1050. The van der Waals surface area contributed by atoms with Crippen LogP contribution in [0, 0.1) is 0 Å². The molecule has 1 aromatic heterocycles. The van der Waals surface area contributed by atoms with Gasteiger partial charge >= 0.3 is 6.03 Å². The predicted molar refractivity (Wildman–Crippen MR) is 121 cm³/mol. The van der Waals surface area contributed by atoms with Gasteiger partial charge in [0, 0.05) is 38.6 Å². The van der Waals surface area contributed by atoms with E-state index in [0.29, 0.717) is 23.6 Å². The van der Waals surface area contributed by atoms with Crippen LogP contribution in [0.1, 0.15) is 16.9 Å². The van der Waals surface area contributed by atoms with Crippen LogP contribution in [0.3, 0.4) is 0 Å². The van der Waals surface area contributed by atoms with Crippen molar-refractivity contribution in [2.75, 3.05) is 32.6 Å². The van der Waals surface area contributed by atoms with Crippen molar-refractivity contribution >= 4 is 29.4 Å². The zero-order valence-electron chi connectivity index (χ0n) is 18.8. The minimum Gasteiger partial charge on any atom is -0.497 e. The molecule has 5 amide bonds. The van der Waals surface area contributed by atoms with Gasteiger partial charge in [-0.15, -0.1) is 0 Å². The number of benzene rings is 1. The highest BCUT2D eigenvalue weighted by Crippen LogP contribution is 2.23. The maximum Gasteiger partial charge on any atom is 0.319 e. The van der Waals surface area contributed by atoms with Crippen LogP contribution in [0.15, 0.2) is 42.6 Å². The van der Waals surface area contributed by atoms with Crippen LogP contribution in [-0.2, 0) is 16.6 Å². The Morgan fingerprint density at radius 1 is 1.21 bits per heavy atom. The molecule has 2 heterocycles. The van der Waals surface area contributed by atoms with Gasteiger partial charge in [-0.1, -0.05) is 6.07 Å². The largest absolute Gasteiger partial charge is 0.497 e. The normalized spacial score (nSPS) is 17.4. The fourth-order valence-corrected chi connectivity index (χ4v) is 3.88. The van der Waals surface area contributed by atoms with E-state index in [2.05, 4.69) is 10.6 Å². The molecule has 11 nitrogen and oxygen atoms in total.